The molecule has 0 radical (unpaired) electrons. The van der Waals surface area contributed by atoms with E-state index in [1.54, 1.807) is 6.92 Å². The predicted octanol–water partition coefficient (Wildman–Crippen LogP) is 14.6. The van der Waals surface area contributed by atoms with Crippen molar-refractivity contribution in [3.63, 3.8) is 0 Å². The van der Waals surface area contributed by atoms with Crippen LogP contribution >= 0.6 is 11.8 Å². The van der Waals surface area contributed by atoms with E-state index in [1.165, 1.54) is 67.4 Å². The van der Waals surface area contributed by atoms with Crippen LogP contribution in [0.15, 0.2) is 84.9 Å². The SMILES string of the molecule is CC(=O)SCCCc1ccc(-c2c3nc(c(-c4c(C)cc(C)cc4C)c4ccc([n-]4)c(-c4c(C)cc(C)cc4C)c4nc(c(-c5c(C)cc(C)cc5C)c5ccc2[n-]5)C=C4)C=C3)cc1.[Zn+2]. The molecule has 2 aliphatic rings. The Kier molecular flexibility index (Phi) is 13.0. The molecule has 9 rings (SSSR count). The predicted molar refractivity (Wildman–Crippen MR) is 273 cm³/mol. The summed E-state index contributed by atoms with van der Waals surface area (Å²) in [6, 6.07) is 31.0. The van der Waals surface area contributed by atoms with Crippen LogP contribution in [0.25, 0.3) is 90.9 Å². The van der Waals surface area contributed by atoms with Gasteiger partial charge < -0.3 is 9.97 Å². The van der Waals surface area contributed by atoms with Gasteiger partial charge in [0, 0.05) is 12.7 Å². The second-order valence-electron chi connectivity index (χ2n) is 17.8. The number of aromatic nitrogens is 4. The minimum atomic E-state index is 0. The Labute approximate surface area is 400 Å². The summed E-state index contributed by atoms with van der Waals surface area (Å²) in [5.74, 6) is 0.816. The normalized spacial score (nSPS) is 11.9. The number of benzene rings is 4. The molecule has 0 saturated carbocycles. The van der Waals surface area contributed by atoms with Crippen LogP contribution in [0.1, 0.15) is 91.8 Å². The van der Waals surface area contributed by atoms with Gasteiger partial charge in [-0.25, -0.2) is 9.97 Å². The van der Waals surface area contributed by atoms with Crippen molar-refractivity contribution in [2.75, 3.05) is 5.75 Å². The summed E-state index contributed by atoms with van der Waals surface area (Å²) in [4.78, 5) is 33.9. The Bertz CT molecular complexity index is 3170. The number of hydrogen-bond acceptors (Lipinski definition) is 4. The number of rotatable bonds is 8. The first-order valence-electron chi connectivity index (χ1n) is 22.3. The van der Waals surface area contributed by atoms with Crippen LogP contribution in [0.3, 0.4) is 0 Å². The summed E-state index contributed by atoms with van der Waals surface area (Å²) in [5, 5.41) is 0.163. The standard InChI is InChI=1S/C58H54N4OS.Zn/c1-32-26-35(4)52(36(5)27-32)56-46-19-17-44(59-46)55(43-15-13-42(14-16-43)12-11-25-64-41(10)63)45-18-20-47(60-45)57(53-37(6)28-33(2)29-38(53)7)49-22-24-51(62-49)58(50-23-21-48(56)61-50)54-39(8)30-34(3)31-40(54)9;/h13-24,26-31H,11-12,25H2,1-10H3;/q-2;+2. The van der Waals surface area contributed by atoms with Crippen LogP contribution in [0, 0.1) is 62.3 Å². The Morgan fingerprint density at radius 2 is 0.785 bits per heavy atom. The molecule has 0 atom stereocenters. The van der Waals surface area contributed by atoms with E-state index in [0.29, 0.717) is 0 Å². The molecular formula is C58H54N4OSZn. The van der Waals surface area contributed by atoms with Gasteiger partial charge in [-0.2, -0.15) is 0 Å². The Balaban J connectivity index is 0.00000576. The molecule has 0 N–H and O–H groups in total. The molecule has 7 heteroatoms. The maximum Gasteiger partial charge on any atom is 2.00 e. The van der Waals surface area contributed by atoms with Gasteiger partial charge in [-0.05, 0) is 183 Å². The number of aryl methyl sites for hydroxylation is 10. The summed E-state index contributed by atoms with van der Waals surface area (Å²) < 4.78 is 0. The van der Waals surface area contributed by atoms with E-state index in [1.807, 2.05) is 0 Å². The van der Waals surface area contributed by atoms with Gasteiger partial charge in [-0.3, -0.25) is 4.79 Å². The van der Waals surface area contributed by atoms with Gasteiger partial charge in [0.1, 0.15) is 0 Å². The molecular weight excluding hydrogens is 866 g/mol. The Morgan fingerprint density at radius 3 is 1.12 bits per heavy atom. The first-order chi connectivity index (χ1) is 30.7. The molecule has 7 aromatic rings. The molecule has 0 aliphatic carbocycles. The third-order valence-corrected chi connectivity index (χ3v) is 13.4. The first-order valence-corrected chi connectivity index (χ1v) is 23.3. The van der Waals surface area contributed by atoms with Gasteiger partial charge in [-0.1, -0.05) is 113 Å². The molecule has 0 unspecified atom stereocenters. The van der Waals surface area contributed by atoms with Crippen LogP contribution in [0.5, 0.6) is 0 Å². The van der Waals surface area contributed by atoms with Crippen molar-refractivity contribution < 1.29 is 24.3 Å². The van der Waals surface area contributed by atoms with E-state index in [-0.39, 0.29) is 24.6 Å². The van der Waals surface area contributed by atoms with Gasteiger partial charge in [-0.15, -0.1) is 22.1 Å². The van der Waals surface area contributed by atoms with Crippen molar-refractivity contribution in [2.24, 2.45) is 0 Å². The van der Waals surface area contributed by atoms with Gasteiger partial charge in [0.05, 0.1) is 22.8 Å². The van der Waals surface area contributed by atoms with E-state index in [4.69, 9.17) is 19.9 Å². The zero-order chi connectivity index (χ0) is 45.0. The van der Waals surface area contributed by atoms with Gasteiger partial charge in [0.2, 0.25) is 0 Å². The third-order valence-electron chi connectivity index (χ3n) is 12.5. The Morgan fingerprint density at radius 1 is 0.462 bits per heavy atom. The maximum absolute atomic E-state index is 11.6. The molecule has 5 heterocycles. The summed E-state index contributed by atoms with van der Waals surface area (Å²) >= 11 is 1.39. The summed E-state index contributed by atoms with van der Waals surface area (Å²) in [7, 11) is 0. The maximum atomic E-state index is 11.6. The summed E-state index contributed by atoms with van der Waals surface area (Å²) in [5.41, 5.74) is 27.4. The van der Waals surface area contributed by atoms with E-state index in [2.05, 4.69) is 172 Å². The molecule has 320 valence electrons. The minimum Gasteiger partial charge on any atom is -0.657 e. The zero-order valence-electron chi connectivity index (χ0n) is 39.3. The monoisotopic (exact) mass is 918 g/mol. The molecule has 0 saturated heterocycles. The molecule has 0 amide bonds. The van der Waals surface area contributed by atoms with Crippen LogP contribution in [-0.2, 0) is 30.7 Å². The van der Waals surface area contributed by atoms with Crippen molar-refractivity contribution in [1.29, 1.82) is 0 Å². The Hall–Kier alpha value is -5.88. The number of fused-ring (bicyclic) bond motifs is 8. The smallest absolute Gasteiger partial charge is 0.657 e. The van der Waals surface area contributed by atoms with Gasteiger partial charge in [0.25, 0.3) is 0 Å². The molecule has 3 aromatic heterocycles. The van der Waals surface area contributed by atoms with Crippen molar-refractivity contribution in [3.8, 4) is 44.5 Å². The fourth-order valence-electron chi connectivity index (χ4n) is 10.2. The van der Waals surface area contributed by atoms with Crippen LogP contribution in [-0.4, -0.2) is 20.8 Å². The zero-order valence-corrected chi connectivity index (χ0v) is 43.1. The number of carbonyl (C=O) groups excluding carboxylic acids is 1. The first kappa shape index (κ1) is 45.7. The summed E-state index contributed by atoms with van der Waals surface area (Å²) in [6.45, 7) is 21.3. The second-order valence-corrected chi connectivity index (χ2v) is 19.1. The van der Waals surface area contributed by atoms with E-state index in [9.17, 15) is 4.79 Å². The van der Waals surface area contributed by atoms with Gasteiger partial charge in [0.15, 0.2) is 5.12 Å². The fraction of sp³-hybridized carbons (Fsp3) is 0.224. The van der Waals surface area contributed by atoms with Gasteiger partial charge >= 0.3 is 19.5 Å². The quantitative estimate of drug-likeness (QED) is 0.112. The minimum absolute atomic E-state index is 0. The van der Waals surface area contributed by atoms with Crippen molar-refractivity contribution >= 4 is 63.2 Å². The van der Waals surface area contributed by atoms with Crippen molar-refractivity contribution in [3.05, 3.63) is 163 Å². The second kappa shape index (κ2) is 18.5. The summed E-state index contributed by atoms with van der Waals surface area (Å²) in [6.07, 6.45) is 10.5. The number of carbonyl (C=O) groups is 1. The van der Waals surface area contributed by atoms with Crippen molar-refractivity contribution in [1.82, 2.24) is 19.9 Å². The molecule has 5 nitrogen and oxygen atoms in total. The van der Waals surface area contributed by atoms with Crippen molar-refractivity contribution in [2.45, 2.75) is 82.1 Å². The number of hydrogen-bond donors (Lipinski definition) is 0. The molecule has 8 bridgehead atoms. The van der Waals surface area contributed by atoms with Crippen LogP contribution < -0.4 is 9.97 Å². The van der Waals surface area contributed by atoms with E-state index in [0.717, 1.165) is 108 Å². The van der Waals surface area contributed by atoms with Crippen LogP contribution in [0.2, 0.25) is 0 Å². The van der Waals surface area contributed by atoms with E-state index >= 15 is 0 Å². The molecule has 65 heavy (non-hydrogen) atoms. The number of thioether (sulfide) groups is 1. The van der Waals surface area contributed by atoms with E-state index < -0.39 is 0 Å². The molecule has 0 spiro atoms. The average molecular weight is 921 g/mol. The topological polar surface area (TPSA) is 71.1 Å². The molecule has 0 fully saturated rings. The number of nitrogens with zero attached hydrogens (tertiary/aromatic N) is 4. The van der Waals surface area contributed by atoms with Crippen LogP contribution in [0.4, 0.5) is 0 Å². The average Bonchev–Trinajstić information content (AvgIpc) is 4.07. The third kappa shape index (κ3) is 8.94. The molecule has 4 aromatic carbocycles. The molecule has 2 aliphatic heterocycles. The largest absolute Gasteiger partial charge is 2.00 e. The fourth-order valence-corrected chi connectivity index (χ4v) is 10.8.